The van der Waals surface area contributed by atoms with Crippen LogP contribution in [0.4, 0.5) is 0 Å². The van der Waals surface area contributed by atoms with Gasteiger partial charge in [0.25, 0.3) is 10.1 Å². The molecule has 0 aliphatic heterocycles. The van der Waals surface area contributed by atoms with E-state index in [1.165, 1.54) is 44.9 Å². The maximum Gasteiger partial charge on any atom is 0.261 e. The molecule has 8 nitrogen and oxygen atoms in total. The third kappa shape index (κ3) is 13.1. The van der Waals surface area contributed by atoms with Gasteiger partial charge in [0.1, 0.15) is 6.54 Å². The fraction of sp³-hybridized carbons (Fsp3) is 0.690. The highest BCUT2D eigenvalue weighted by Crippen LogP contribution is 2.43. The van der Waals surface area contributed by atoms with Gasteiger partial charge in [-0.1, -0.05) is 68.9 Å². The van der Waals surface area contributed by atoms with Gasteiger partial charge in [-0.25, -0.2) is 4.98 Å². The van der Waals surface area contributed by atoms with Gasteiger partial charge in [0.05, 0.1) is 33.1 Å². The second-order valence-electron chi connectivity index (χ2n) is 11.4. The number of halogens is 1. The number of aliphatic hydroxyl groups is 1. The van der Waals surface area contributed by atoms with Crippen molar-refractivity contribution in [1.82, 2.24) is 10.3 Å². The van der Waals surface area contributed by atoms with Crippen molar-refractivity contribution < 1.29 is 27.0 Å². The highest BCUT2D eigenvalue weighted by atomic mass is 35.5. The molecule has 1 aromatic carbocycles. The van der Waals surface area contributed by atoms with Gasteiger partial charge in [-0.2, -0.15) is 8.42 Å². The number of hydrogen-bond donors (Lipinski definition) is 3. The van der Waals surface area contributed by atoms with Gasteiger partial charge in [-0.15, -0.1) is 12.4 Å². The Bertz CT molecular complexity index is 1020. The first-order valence-corrected chi connectivity index (χ1v) is 15.9. The van der Waals surface area contributed by atoms with Crippen LogP contribution in [0, 0.1) is 5.92 Å². The van der Waals surface area contributed by atoms with Crippen LogP contribution in [-0.2, 0) is 22.3 Å². The molecule has 0 amide bonds. The maximum atomic E-state index is 12.0. The van der Waals surface area contributed by atoms with Crippen LogP contribution in [0.2, 0.25) is 0 Å². The Kier molecular flexibility index (Phi) is 15.8. The van der Waals surface area contributed by atoms with Crippen molar-refractivity contribution >= 4 is 22.5 Å². The Labute approximate surface area is 242 Å². The molecule has 39 heavy (non-hydrogen) atoms. The number of oxazole rings is 1. The Morgan fingerprint density at radius 1 is 1.03 bits per heavy atom. The third-order valence-corrected chi connectivity index (χ3v) is 7.31. The molecule has 224 valence electrons. The van der Waals surface area contributed by atoms with E-state index in [9.17, 15) is 13.5 Å². The standard InChI is InChI=1S/C28H46N3O2.CH4O3S.ClH/c1-29-20-14-6-4-5-7-15-21-31(2,3)23-26-22-30-27(33-26)28(32,24-16-10-8-11-17-24)25-18-12-9-13-19-25;1-5(2,3)4;/h8,10-11,16-17,22,25,29,32H,4-7,9,12-15,18-21,23H2,1-3H3;1H3,(H,2,3,4);1H/q+1;;. The molecule has 1 aliphatic rings. The number of hydrogen-bond acceptors (Lipinski definition) is 6. The highest BCUT2D eigenvalue weighted by molar-refractivity contribution is 7.85. The molecule has 10 heteroatoms. The zero-order valence-electron chi connectivity index (χ0n) is 24.3. The first-order chi connectivity index (χ1) is 18.0. The van der Waals surface area contributed by atoms with Crippen LogP contribution in [0.3, 0.4) is 0 Å². The summed E-state index contributed by atoms with van der Waals surface area (Å²) in [5, 5.41) is 15.2. The van der Waals surface area contributed by atoms with Crippen molar-refractivity contribution in [2.45, 2.75) is 82.8 Å². The molecule has 1 saturated carbocycles. The topological polar surface area (TPSA) is 113 Å². The molecular formula is C29H51ClN3O5S+. The van der Waals surface area contributed by atoms with Crippen molar-refractivity contribution in [2.24, 2.45) is 5.92 Å². The maximum absolute atomic E-state index is 12.0. The van der Waals surface area contributed by atoms with Crippen LogP contribution in [0.1, 0.15) is 87.8 Å². The summed E-state index contributed by atoms with van der Waals surface area (Å²) < 4.78 is 33.0. The molecule has 1 heterocycles. The van der Waals surface area contributed by atoms with E-state index < -0.39 is 15.7 Å². The molecule has 0 radical (unpaired) electrons. The fourth-order valence-electron chi connectivity index (χ4n) is 5.35. The molecule has 3 N–H and O–H groups in total. The van der Waals surface area contributed by atoms with E-state index >= 15 is 0 Å². The second kappa shape index (κ2) is 17.4. The zero-order valence-corrected chi connectivity index (χ0v) is 25.9. The molecular weight excluding hydrogens is 538 g/mol. The summed E-state index contributed by atoms with van der Waals surface area (Å²) in [4.78, 5) is 4.64. The quantitative estimate of drug-likeness (QED) is 0.151. The SMILES string of the molecule is CNCCCCCCCC[N+](C)(C)Cc1cnc(C(O)(c2ccccc2)C2CCCCC2)o1.CS(=O)(=O)O.Cl. The van der Waals surface area contributed by atoms with Crippen molar-refractivity contribution in [2.75, 3.05) is 40.5 Å². The van der Waals surface area contributed by atoms with Crippen LogP contribution in [0.5, 0.6) is 0 Å². The molecule has 1 atom stereocenters. The molecule has 0 saturated heterocycles. The van der Waals surface area contributed by atoms with Gasteiger partial charge in [-0.05, 0) is 51.3 Å². The molecule has 0 spiro atoms. The second-order valence-corrected chi connectivity index (χ2v) is 12.8. The van der Waals surface area contributed by atoms with Crippen LogP contribution in [-0.4, -0.2) is 68.0 Å². The van der Waals surface area contributed by atoms with Crippen LogP contribution >= 0.6 is 12.4 Å². The van der Waals surface area contributed by atoms with Crippen molar-refractivity contribution in [3.05, 3.63) is 53.7 Å². The van der Waals surface area contributed by atoms with Crippen molar-refractivity contribution in [1.29, 1.82) is 0 Å². The molecule has 1 aromatic heterocycles. The lowest BCUT2D eigenvalue weighted by Crippen LogP contribution is -2.39. The largest absolute Gasteiger partial charge is 0.436 e. The summed E-state index contributed by atoms with van der Waals surface area (Å²) in [5.41, 5.74) is -0.251. The van der Waals surface area contributed by atoms with Crippen LogP contribution < -0.4 is 5.32 Å². The molecule has 3 rings (SSSR count). The van der Waals surface area contributed by atoms with E-state index in [0.29, 0.717) is 12.1 Å². The number of nitrogens with zero attached hydrogens (tertiary/aromatic N) is 2. The monoisotopic (exact) mass is 588 g/mol. The smallest absolute Gasteiger partial charge is 0.261 e. The van der Waals surface area contributed by atoms with Crippen molar-refractivity contribution in [3.8, 4) is 0 Å². The lowest BCUT2D eigenvalue weighted by Gasteiger charge is -2.36. The van der Waals surface area contributed by atoms with Crippen molar-refractivity contribution in [3.63, 3.8) is 0 Å². The summed E-state index contributed by atoms with van der Waals surface area (Å²) in [6.07, 6.45) is 15.9. The Morgan fingerprint density at radius 2 is 1.59 bits per heavy atom. The summed E-state index contributed by atoms with van der Waals surface area (Å²) in [6.45, 7) is 3.05. The van der Waals surface area contributed by atoms with Crippen LogP contribution in [0.15, 0.2) is 40.9 Å². The average Bonchev–Trinajstić information content (AvgIpc) is 3.33. The lowest BCUT2D eigenvalue weighted by atomic mass is 9.73. The van der Waals surface area contributed by atoms with E-state index in [1.54, 1.807) is 0 Å². The van der Waals surface area contributed by atoms with E-state index in [4.69, 9.17) is 8.97 Å². The van der Waals surface area contributed by atoms with Gasteiger partial charge >= 0.3 is 0 Å². The molecule has 0 bridgehead atoms. The molecule has 1 aliphatic carbocycles. The van der Waals surface area contributed by atoms with Gasteiger partial charge in [-0.3, -0.25) is 4.55 Å². The Hall–Kier alpha value is -1.49. The van der Waals surface area contributed by atoms with E-state index in [-0.39, 0.29) is 18.3 Å². The number of benzene rings is 1. The molecule has 2 aromatic rings. The van der Waals surface area contributed by atoms with Crippen LogP contribution in [0.25, 0.3) is 0 Å². The van der Waals surface area contributed by atoms with Gasteiger partial charge in [0.15, 0.2) is 11.4 Å². The number of quaternary nitrogens is 1. The minimum absolute atomic E-state index is 0. The average molecular weight is 589 g/mol. The Morgan fingerprint density at radius 3 is 2.18 bits per heavy atom. The normalized spacial score (nSPS) is 16.1. The van der Waals surface area contributed by atoms with Gasteiger partial charge in [0.2, 0.25) is 5.89 Å². The number of unbranched alkanes of at least 4 members (excludes halogenated alkanes) is 5. The predicted molar refractivity (Wildman–Crippen MR) is 160 cm³/mol. The molecule has 1 unspecified atom stereocenters. The first-order valence-electron chi connectivity index (χ1n) is 14.1. The third-order valence-electron chi connectivity index (χ3n) is 7.31. The minimum Gasteiger partial charge on any atom is -0.436 e. The molecule has 1 fully saturated rings. The summed E-state index contributed by atoms with van der Waals surface area (Å²) in [6, 6.07) is 10.0. The summed E-state index contributed by atoms with van der Waals surface area (Å²) in [5.74, 6) is 1.49. The van der Waals surface area contributed by atoms with E-state index in [1.807, 2.05) is 43.6 Å². The van der Waals surface area contributed by atoms with E-state index in [2.05, 4.69) is 24.4 Å². The van der Waals surface area contributed by atoms with Gasteiger partial charge < -0.3 is 19.3 Å². The predicted octanol–water partition coefficient (Wildman–Crippen LogP) is 5.55. The van der Waals surface area contributed by atoms with E-state index in [0.717, 1.165) is 61.1 Å². The first kappa shape index (κ1) is 35.5. The summed E-state index contributed by atoms with van der Waals surface area (Å²) in [7, 11) is 2.88. The number of nitrogens with one attached hydrogen (secondary N) is 1. The minimum atomic E-state index is -3.67. The zero-order chi connectivity index (χ0) is 28.1. The number of rotatable bonds is 14. The lowest BCUT2D eigenvalue weighted by molar-refractivity contribution is -0.904. The summed E-state index contributed by atoms with van der Waals surface area (Å²) >= 11 is 0. The number of aromatic nitrogens is 1. The Balaban J connectivity index is 0.00000116. The fourth-order valence-corrected chi connectivity index (χ4v) is 5.35. The van der Waals surface area contributed by atoms with Gasteiger partial charge in [0, 0.05) is 5.92 Å². The highest BCUT2D eigenvalue weighted by Gasteiger charge is 2.44.